The van der Waals surface area contributed by atoms with Crippen LogP contribution in [0.25, 0.3) is 0 Å². The maximum Gasteiger partial charge on any atom is 0.320 e. The summed E-state index contributed by atoms with van der Waals surface area (Å²) in [5.74, 6) is -0.0619. The predicted molar refractivity (Wildman–Crippen MR) is 89.2 cm³/mol. The van der Waals surface area contributed by atoms with Gasteiger partial charge in [0.2, 0.25) is 5.91 Å². The summed E-state index contributed by atoms with van der Waals surface area (Å²) < 4.78 is 0. The number of urea groups is 1. The van der Waals surface area contributed by atoms with E-state index in [9.17, 15) is 9.59 Å². The minimum atomic E-state index is -0.101. The number of likely N-dealkylation sites (tertiary alicyclic amines) is 2. The third-order valence-electron chi connectivity index (χ3n) is 4.52. The number of aryl methyl sites for hydroxylation is 1. The monoisotopic (exact) mass is 336 g/mol. The van der Waals surface area contributed by atoms with Crippen LogP contribution in [-0.2, 0) is 11.3 Å². The maximum absolute atomic E-state index is 12.5. The molecule has 0 aliphatic carbocycles. The van der Waals surface area contributed by atoms with Crippen LogP contribution in [0.4, 0.5) is 4.79 Å². The highest BCUT2D eigenvalue weighted by atomic mass is 32.1. The molecule has 1 N–H and O–H groups in total. The van der Waals surface area contributed by atoms with E-state index in [1.807, 2.05) is 22.1 Å². The molecule has 1 atom stereocenters. The Morgan fingerprint density at radius 2 is 2.00 bits per heavy atom. The molecular formula is C16H24N4O2S. The van der Waals surface area contributed by atoms with Crippen LogP contribution in [-0.4, -0.2) is 52.9 Å². The fraction of sp³-hybridized carbons (Fsp3) is 0.688. The van der Waals surface area contributed by atoms with E-state index in [0.29, 0.717) is 13.1 Å². The second-order valence-corrected chi connectivity index (χ2v) is 7.30. The van der Waals surface area contributed by atoms with Gasteiger partial charge in [-0.15, -0.1) is 11.3 Å². The number of hydrogen-bond acceptors (Lipinski definition) is 4. The van der Waals surface area contributed by atoms with Gasteiger partial charge < -0.3 is 15.1 Å². The van der Waals surface area contributed by atoms with Gasteiger partial charge in [-0.25, -0.2) is 9.78 Å². The van der Waals surface area contributed by atoms with Gasteiger partial charge in [0, 0.05) is 37.3 Å². The zero-order valence-corrected chi connectivity index (χ0v) is 14.4. The number of amides is 3. The molecule has 7 heteroatoms. The highest BCUT2D eigenvalue weighted by molar-refractivity contribution is 7.09. The number of nitrogens with one attached hydrogen (secondary N) is 1. The van der Waals surface area contributed by atoms with Gasteiger partial charge >= 0.3 is 6.03 Å². The Hall–Kier alpha value is -1.63. The molecule has 1 aromatic rings. The molecule has 126 valence electrons. The minimum Gasteiger partial charge on any atom is -0.349 e. The molecule has 23 heavy (non-hydrogen) atoms. The largest absolute Gasteiger partial charge is 0.349 e. The van der Waals surface area contributed by atoms with Crippen LogP contribution in [0.15, 0.2) is 5.38 Å². The van der Waals surface area contributed by atoms with Crippen LogP contribution in [0.1, 0.15) is 36.4 Å². The number of nitrogens with zero attached hydrogens (tertiary/aromatic N) is 3. The summed E-state index contributed by atoms with van der Waals surface area (Å²) in [6, 6.07) is 0.107. The number of carbonyl (C=O) groups excluding carboxylic acids is 2. The molecule has 0 aromatic carbocycles. The van der Waals surface area contributed by atoms with Crippen molar-refractivity contribution in [2.75, 3.05) is 26.2 Å². The van der Waals surface area contributed by atoms with Crippen molar-refractivity contribution in [3.05, 3.63) is 16.1 Å². The highest BCUT2D eigenvalue weighted by Gasteiger charge is 2.31. The van der Waals surface area contributed by atoms with Crippen LogP contribution < -0.4 is 5.32 Å². The fourth-order valence-corrected chi connectivity index (χ4v) is 3.98. The molecule has 0 radical (unpaired) electrons. The maximum atomic E-state index is 12.5. The summed E-state index contributed by atoms with van der Waals surface area (Å²) in [6.07, 6.45) is 3.94. The van der Waals surface area contributed by atoms with Crippen LogP contribution >= 0.6 is 11.3 Å². The van der Waals surface area contributed by atoms with E-state index in [4.69, 9.17) is 0 Å². The first-order valence-electron chi connectivity index (χ1n) is 8.36. The third-order valence-corrected chi connectivity index (χ3v) is 5.49. The van der Waals surface area contributed by atoms with Gasteiger partial charge in [-0.1, -0.05) is 0 Å². The molecule has 3 amide bonds. The highest BCUT2D eigenvalue weighted by Crippen LogP contribution is 2.20. The Morgan fingerprint density at radius 3 is 2.70 bits per heavy atom. The zero-order chi connectivity index (χ0) is 16.2. The van der Waals surface area contributed by atoms with Gasteiger partial charge in [-0.3, -0.25) is 4.79 Å². The van der Waals surface area contributed by atoms with E-state index >= 15 is 0 Å². The topological polar surface area (TPSA) is 65.5 Å². The van der Waals surface area contributed by atoms with E-state index in [1.54, 1.807) is 11.3 Å². The van der Waals surface area contributed by atoms with Crippen molar-refractivity contribution in [2.24, 2.45) is 5.92 Å². The Bertz CT molecular complexity index is 568. The van der Waals surface area contributed by atoms with Crippen LogP contribution in [0.2, 0.25) is 0 Å². The molecule has 0 saturated carbocycles. The molecule has 2 saturated heterocycles. The first-order valence-corrected chi connectivity index (χ1v) is 9.24. The van der Waals surface area contributed by atoms with Gasteiger partial charge in [0.15, 0.2) is 0 Å². The van der Waals surface area contributed by atoms with Crippen molar-refractivity contribution in [1.29, 1.82) is 0 Å². The van der Waals surface area contributed by atoms with E-state index in [1.165, 1.54) is 0 Å². The molecule has 3 rings (SSSR count). The standard InChI is InChI=1S/C16H24N4O2S/c1-12-11-23-14(18-12)9-17-15(21)13-5-4-8-20(10-13)16(22)19-6-2-3-7-19/h11,13H,2-10H2,1H3,(H,17,21)/t13-/m0/s1. The van der Waals surface area contributed by atoms with Crippen LogP contribution in [0, 0.1) is 12.8 Å². The van der Waals surface area contributed by atoms with Gasteiger partial charge in [-0.2, -0.15) is 0 Å². The quantitative estimate of drug-likeness (QED) is 0.918. The summed E-state index contributed by atoms with van der Waals surface area (Å²) in [4.78, 5) is 33.0. The lowest BCUT2D eigenvalue weighted by Gasteiger charge is -2.34. The Morgan fingerprint density at radius 1 is 1.26 bits per heavy atom. The van der Waals surface area contributed by atoms with Crippen LogP contribution in [0.3, 0.4) is 0 Å². The summed E-state index contributed by atoms with van der Waals surface area (Å²) in [5, 5.41) is 5.88. The number of aromatic nitrogens is 1. The molecule has 0 unspecified atom stereocenters. The van der Waals surface area contributed by atoms with E-state index in [-0.39, 0.29) is 17.9 Å². The SMILES string of the molecule is Cc1csc(CNC(=O)[C@H]2CCCN(C(=O)N3CCCC3)C2)n1. The average molecular weight is 336 g/mol. The second kappa shape index (κ2) is 7.29. The number of hydrogen-bond donors (Lipinski definition) is 1. The Kier molecular flexibility index (Phi) is 5.15. The molecule has 2 aliphatic heterocycles. The smallest absolute Gasteiger partial charge is 0.320 e. The molecule has 2 aliphatic rings. The summed E-state index contributed by atoms with van der Waals surface area (Å²) in [7, 11) is 0. The van der Waals surface area contributed by atoms with E-state index in [0.717, 1.165) is 56.0 Å². The lowest BCUT2D eigenvalue weighted by Crippen LogP contribution is -2.49. The molecule has 1 aromatic heterocycles. The molecule has 2 fully saturated rings. The molecular weight excluding hydrogens is 312 g/mol. The van der Waals surface area contributed by atoms with Crippen molar-refractivity contribution in [1.82, 2.24) is 20.1 Å². The van der Waals surface area contributed by atoms with Crippen molar-refractivity contribution in [2.45, 2.75) is 39.2 Å². The summed E-state index contributed by atoms with van der Waals surface area (Å²) in [5.41, 5.74) is 0.985. The summed E-state index contributed by atoms with van der Waals surface area (Å²) in [6.45, 7) is 5.45. The lowest BCUT2D eigenvalue weighted by atomic mass is 9.97. The number of piperidine rings is 1. The first kappa shape index (κ1) is 16.2. The van der Waals surface area contributed by atoms with Crippen molar-refractivity contribution < 1.29 is 9.59 Å². The summed E-state index contributed by atoms with van der Waals surface area (Å²) >= 11 is 1.56. The average Bonchev–Trinajstić information content (AvgIpc) is 3.23. The first-order chi connectivity index (χ1) is 11.1. The zero-order valence-electron chi connectivity index (χ0n) is 13.6. The van der Waals surface area contributed by atoms with Gasteiger partial charge in [0.1, 0.15) is 5.01 Å². The number of rotatable bonds is 3. The van der Waals surface area contributed by atoms with Gasteiger partial charge in [-0.05, 0) is 32.6 Å². The predicted octanol–water partition coefficient (Wildman–Crippen LogP) is 2.00. The second-order valence-electron chi connectivity index (χ2n) is 6.36. The Labute approximate surface area is 140 Å². The molecule has 3 heterocycles. The van der Waals surface area contributed by atoms with Crippen molar-refractivity contribution in [3.63, 3.8) is 0 Å². The third kappa shape index (κ3) is 4.02. The van der Waals surface area contributed by atoms with Gasteiger partial charge in [0.25, 0.3) is 0 Å². The Balaban J connectivity index is 1.50. The number of thiazole rings is 1. The molecule has 0 spiro atoms. The molecule has 6 nitrogen and oxygen atoms in total. The van der Waals surface area contributed by atoms with Crippen LogP contribution in [0.5, 0.6) is 0 Å². The van der Waals surface area contributed by atoms with E-state index < -0.39 is 0 Å². The lowest BCUT2D eigenvalue weighted by molar-refractivity contribution is -0.126. The fourth-order valence-electron chi connectivity index (χ4n) is 3.26. The van der Waals surface area contributed by atoms with Crippen molar-refractivity contribution >= 4 is 23.3 Å². The number of carbonyl (C=O) groups is 2. The minimum absolute atomic E-state index is 0.0387. The van der Waals surface area contributed by atoms with Crippen molar-refractivity contribution in [3.8, 4) is 0 Å². The van der Waals surface area contributed by atoms with E-state index in [2.05, 4.69) is 10.3 Å². The molecule has 0 bridgehead atoms. The van der Waals surface area contributed by atoms with Gasteiger partial charge in [0.05, 0.1) is 12.5 Å². The normalized spacial score (nSPS) is 21.5.